The highest BCUT2D eigenvalue weighted by Gasteiger charge is 2.08. The first kappa shape index (κ1) is 20.3. The molecule has 0 aliphatic heterocycles. The van der Waals surface area contributed by atoms with Gasteiger partial charge in [0.2, 0.25) is 5.91 Å². The average Bonchev–Trinajstić information content (AvgIpc) is 2.62. The third-order valence-electron chi connectivity index (χ3n) is 3.62. The first-order valence-corrected chi connectivity index (χ1v) is 10.1. The second kappa shape index (κ2) is 10.9. The van der Waals surface area contributed by atoms with Crippen LogP contribution >= 0.6 is 23.4 Å². The van der Waals surface area contributed by atoms with Crippen LogP contribution < -0.4 is 10.2 Å². The second-order valence-corrected chi connectivity index (χ2v) is 6.99. The van der Waals surface area contributed by atoms with Crippen LogP contribution in [0.1, 0.15) is 30.9 Å². The summed E-state index contributed by atoms with van der Waals surface area (Å²) in [6, 6.07) is 13.2. The number of nitrogens with one attached hydrogen (secondary N) is 1. The quantitative estimate of drug-likeness (QED) is 0.286. The average molecular weight is 391 g/mol. The highest BCUT2D eigenvalue weighted by molar-refractivity contribution is 7.98. The monoisotopic (exact) mass is 390 g/mol. The molecule has 0 spiro atoms. The van der Waals surface area contributed by atoms with E-state index in [2.05, 4.69) is 17.5 Å². The molecule has 0 unspecified atom stereocenters. The summed E-state index contributed by atoms with van der Waals surface area (Å²) >= 11 is 7.60. The Bertz CT molecular complexity index is 765. The number of carbonyl (C=O) groups is 1. The summed E-state index contributed by atoms with van der Waals surface area (Å²) in [7, 11) is 0. The van der Waals surface area contributed by atoms with Gasteiger partial charge in [-0.2, -0.15) is 5.10 Å². The topological polar surface area (TPSA) is 50.7 Å². The van der Waals surface area contributed by atoms with Crippen LogP contribution in [0.3, 0.4) is 0 Å². The Morgan fingerprint density at radius 1 is 1.31 bits per heavy atom. The summed E-state index contributed by atoms with van der Waals surface area (Å²) in [5.74, 6) is 0.617. The first-order chi connectivity index (χ1) is 12.6. The van der Waals surface area contributed by atoms with Crippen molar-refractivity contribution in [3.63, 3.8) is 0 Å². The molecule has 0 aromatic heterocycles. The number of unbranched alkanes of at least 4 members (excludes halogenated alkanes) is 1. The van der Waals surface area contributed by atoms with Crippen LogP contribution in [0.4, 0.5) is 0 Å². The molecule has 1 N–H and O–H groups in total. The van der Waals surface area contributed by atoms with E-state index in [1.54, 1.807) is 18.0 Å². The van der Waals surface area contributed by atoms with E-state index < -0.39 is 0 Å². The van der Waals surface area contributed by atoms with Gasteiger partial charge in [-0.3, -0.25) is 4.79 Å². The number of rotatable bonds is 9. The first-order valence-electron chi connectivity index (χ1n) is 8.49. The molecule has 0 fully saturated rings. The summed E-state index contributed by atoms with van der Waals surface area (Å²) in [6.45, 7) is 2.83. The molecule has 0 aliphatic carbocycles. The molecule has 0 saturated heterocycles. The Morgan fingerprint density at radius 3 is 2.92 bits per heavy atom. The number of hydrogen-bond acceptors (Lipinski definition) is 4. The van der Waals surface area contributed by atoms with Crippen LogP contribution in [0, 0.1) is 0 Å². The van der Waals surface area contributed by atoms with Crippen molar-refractivity contribution in [1.29, 1.82) is 0 Å². The second-order valence-electron chi connectivity index (χ2n) is 5.70. The zero-order valence-electron chi connectivity index (χ0n) is 15.0. The molecule has 4 nitrogen and oxygen atoms in total. The fraction of sp³-hybridized carbons (Fsp3) is 0.300. The molecule has 6 heteroatoms. The van der Waals surface area contributed by atoms with Crippen LogP contribution in [-0.2, 0) is 11.2 Å². The van der Waals surface area contributed by atoms with Crippen LogP contribution in [0.2, 0.25) is 5.02 Å². The van der Waals surface area contributed by atoms with Crippen molar-refractivity contribution in [2.75, 3.05) is 12.9 Å². The van der Waals surface area contributed by atoms with E-state index in [0.717, 1.165) is 34.6 Å². The number of hydrazone groups is 1. The van der Waals surface area contributed by atoms with Gasteiger partial charge >= 0.3 is 0 Å². The van der Waals surface area contributed by atoms with Crippen molar-refractivity contribution < 1.29 is 9.53 Å². The number of amides is 1. The molecule has 2 aromatic rings. The van der Waals surface area contributed by atoms with Gasteiger partial charge in [-0.05, 0) is 54.1 Å². The lowest BCUT2D eigenvalue weighted by Gasteiger charge is -2.07. The number of thioether (sulfide) groups is 1. The molecule has 2 rings (SSSR count). The number of hydrogen-bond donors (Lipinski definition) is 1. The molecule has 0 radical (unpaired) electrons. The van der Waals surface area contributed by atoms with Gasteiger partial charge in [0.15, 0.2) is 0 Å². The van der Waals surface area contributed by atoms with Gasteiger partial charge in [-0.25, -0.2) is 5.43 Å². The summed E-state index contributed by atoms with van der Waals surface area (Å²) in [5, 5.41) is 4.65. The zero-order chi connectivity index (χ0) is 18.8. The summed E-state index contributed by atoms with van der Waals surface area (Å²) in [5.41, 5.74) is 4.32. The molecule has 0 saturated carbocycles. The van der Waals surface area contributed by atoms with Crippen molar-refractivity contribution in [2.45, 2.75) is 31.1 Å². The minimum atomic E-state index is -0.186. The molecular formula is C20H23ClN2O2S. The van der Waals surface area contributed by atoms with Crippen molar-refractivity contribution >= 4 is 35.5 Å². The lowest BCUT2D eigenvalue weighted by molar-refractivity contribution is -0.120. The molecule has 1 amide bonds. The highest BCUT2D eigenvalue weighted by Crippen LogP contribution is 2.24. The number of benzene rings is 2. The molecule has 2 aromatic carbocycles. The predicted octanol–water partition coefficient (Wildman–Crippen LogP) is 4.93. The molecule has 138 valence electrons. The van der Waals surface area contributed by atoms with E-state index in [1.165, 1.54) is 0 Å². The van der Waals surface area contributed by atoms with Crippen LogP contribution in [0.5, 0.6) is 5.75 Å². The molecule has 0 atom stereocenters. The molecular weight excluding hydrogens is 368 g/mol. The van der Waals surface area contributed by atoms with E-state index in [0.29, 0.717) is 11.6 Å². The summed E-state index contributed by atoms with van der Waals surface area (Å²) in [4.78, 5) is 13.2. The van der Waals surface area contributed by atoms with Gasteiger partial charge in [-0.1, -0.05) is 37.1 Å². The van der Waals surface area contributed by atoms with E-state index in [4.69, 9.17) is 16.3 Å². The van der Waals surface area contributed by atoms with Gasteiger partial charge < -0.3 is 4.74 Å². The van der Waals surface area contributed by atoms with Crippen molar-refractivity contribution in [2.24, 2.45) is 5.10 Å². The van der Waals surface area contributed by atoms with E-state index >= 15 is 0 Å². The van der Waals surface area contributed by atoms with Gasteiger partial charge in [-0.15, -0.1) is 11.8 Å². The maximum Gasteiger partial charge on any atom is 0.244 e. The lowest BCUT2D eigenvalue weighted by atomic mass is 10.1. The number of halogens is 1. The Morgan fingerprint density at radius 2 is 2.15 bits per heavy atom. The van der Waals surface area contributed by atoms with Gasteiger partial charge in [0.05, 0.1) is 19.2 Å². The summed E-state index contributed by atoms with van der Waals surface area (Å²) in [6.07, 6.45) is 5.93. The van der Waals surface area contributed by atoms with Crippen molar-refractivity contribution in [3.8, 4) is 5.75 Å². The van der Waals surface area contributed by atoms with E-state index in [1.807, 2.05) is 48.7 Å². The fourth-order valence-electron chi connectivity index (χ4n) is 2.30. The molecule has 0 heterocycles. The third kappa shape index (κ3) is 6.73. The summed E-state index contributed by atoms with van der Waals surface area (Å²) < 4.78 is 5.67. The van der Waals surface area contributed by atoms with Crippen molar-refractivity contribution in [3.05, 3.63) is 58.6 Å². The maximum absolute atomic E-state index is 12.1. The number of ether oxygens (including phenoxy) is 1. The van der Waals surface area contributed by atoms with Crippen LogP contribution in [0.15, 0.2) is 52.5 Å². The Kier molecular flexibility index (Phi) is 8.51. The Hall–Kier alpha value is -1.98. The van der Waals surface area contributed by atoms with Crippen LogP contribution in [0.25, 0.3) is 0 Å². The third-order valence-corrected chi connectivity index (χ3v) is 4.69. The SMILES string of the molecule is CCCCOc1cccc(/C=N\NC(=O)Cc2cc(Cl)ccc2SC)c1. The minimum absolute atomic E-state index is 0.186. The maximum atomic E-state index is 12.1. The number of nitrogens with zero attached hydrogens (tertiary/aromatic N) is 1. The van der Waals surface area contributed by atoms with E-state index in [9.17, 15) is 4.79 Å². The predicted molar refractivity (Wildman–Crippen MR) is 110 cm³/mol. The smallest absolute Gasteiger partial charge is 0.244 e. The number of carbonyl (C=O) groups excluding carboxylic acids is 1. The van der Waals surface area contributed by atoms with Crippen LogP contribution in [-0.4, -0.2) is 25.0 Å². The highest BCUT2D eigenvalue weighted by atomic mass is 35.5. The molecule has 0 aliphatic rings. The molecule has 0 bridgehead atoms. The van der Waals surface area contributed by atoms with Gasteiger partial charge in [0, 0.05) is 9.92 Å². The Balaban J connectivity index is 1.91. The largest absolute Gasteiger partial charge is 0.494 e. The Labute approximate surface area is 164 Å². The zero-order valence-corrected chi connectivity index (χ0v) is 16.6. The standard InChI is InChI=1S/C20H23ClN2O2S/c1-3-4-10-25-18-7-5-6-15(11-18)14-22-23-20(24)13-16-12-17(21)8-9-19(16)26-2/h5-9,11-12,14H,3-4,10,13H2,1-2H3,(H,23,24)/b22-14-. The minimum Gasteiger partial charge on any atom is -0.494 e. The lowest BCUT2D eigenvalue weighted by Crippen LogP contribution is -2.20. The normalized spacial score (nSPS) is 10.9. The van der Waals surface area contributed by atoms with Crippen molar-refractivity contribution in [1.82, 2.24) is 5.43 Å². The van der Waals surface area contributed by atoms with Gasteiger partial charge in [0.1, 0.15) is 5.75 Å². The van der Waals surface area contributed by atoms with E-state index in [-0.39, 0.29) is 12.3 Å². The van der Waals surface area contributed by atoms with Gasteiger partial charge in [0.25, 0.3) is 0 Å². The molecule has 26 heavy (non-hydrogen) atoms. The fourth-order valence-corrected chi connectivity index (χ4v) is 3.09.